The van der Waals surface area contributed by atoms with E-state index in [9.17, 15) is 9.59 Å². The van der Waals surface area contributed by atoms with Gasteiger partial charge in [-0.3, -0.25) is 9.59 Å². The first-order valence-corrected chi connectivity index (χ1v) is 10.6. The number of amides is 2. The summed E-state index contributed by atoms with van der Waals surface area (Å²) in [5.74, 6) is -0.0879. The quantitative estimate of drug-likeness (QED) is 0.615. The van der Waals surface area contributed by atoms with Gasteiger partial charge in [0.25, 0.3) is 11.8 Å². The second-order valence-corrected chi connectivity index (χ2v) is 8.07. The van der Waals surface area contributed by atoms with Gasteiger partial charge in [-0.1, -0.05) is 49.1 Å². The van der Waals surface area contributed by atoms with Crippen molar-refractivity contribution in [3.63, 3.8) is 0 Å². The maximum Gasteiger partial charge on any atom is 0.258 e. The van der Waals surface area contributed by atoms with Crippen molar-refractivity contribution in [1.29, 1.82) is 0 Å². The number of hydrogen-bond donors (Lipinski definition) is 2. The fraction of sp³-hybridized carbons (Fsp3) is 0.304. The summed E-state index contributed by atoms with van der Waals surface area (Å²) in [5, 5.41) is 14.9. The van der Waals surface area contributed by atoms with Gasteiger partial charge >= 0.3 is 0 Å². The van der Waals surface area contributed by atoms with Crippen molar-refractivity contribution in [3.05, 3.63) is 64.8 Å². The molecule has 0 unspecified atom stereocenters. The zero-order valence-electron chi connectivity index (χ0n) is 16.5. The fourth-order valence-corrected chi connectivity index (χ4v) is 4.09. The van der Waals surface area contributed by atoms with Gasteiger partial charge in [0.2, 0.25) is 0 Å². The van der Waals surface area contributed by atoms with Crippen LogP contribution in [0.5, 0.6) is 0 Å². The molecule has 1 heterocycles. The second kappa shape index (κ2) is 9.22. The maximum absolute atomic E-state index is 12.9. The zero-order valence-corrected chi connectivity index (χ0v) is 17.3. The Hall–Kier alpha value is -2.99. The van der Waals surface area contributed by atoms with Crippen molar-refractivity contribution in [1.82, 2.24) is 15.5 Å². The van der Waals surface area contributed by atoms with Gasteiger partial charge in [-0.15, -0.1) is 0 Å². The third-order valence-electron chi connectivity index (χ3n) is 5.54. The molecule has 3 aromatic rings. The average molecular weight is 423 g/mol. The number of carbonyl (C=O) groups excluding carboxylic acids is 2. The summed E-state index contributed by atoms with van der Waals surface area (Å²) in [6.45, 7) is 0.637. The van der Waals surface area contributed by atoms with Crippen LogP contribution in [0.2, 0.25) is 5.02 Å². The number of benzene rings is 2. The molecule has 7 heteroatoms. The van der Waals surface area contributed by atoms with E-state index in [0.717, 1.165) is 12.8 Å². The molecule has 154 valence electrons. The second-order valence-electron chi connectivity index (χ2n) is 7.63. The lowest BCUT2D eigenvalue weighted by Crippen LogP contribution is -2.31. The topological polar surface area (TPSA) is 84.0 Å². The van der Waals surface area contributed by atoms with Gasteiger partial charge in [-0.2, -0.15) is 10.2 Å². The smallest absolute Gasteiger partial charge is 0.258 e. The van der Waals surface area contributed by atoms with E-state index in [1.54, 1.807) is 24.3 Å². The maximum atomic E-state index is 12.9. The molecule has 1 aromatic heterocycles. The Morgan fingerprint density at radius 2 is 1.80 bits per heavy atom. The summed E-state index contributed by atoms with van der Waals surface area (Å²) >= 11 is 6.13. The first kappa shape index (κ1) is 20.3. The number of anilines is 1. The van der Waals surface area contributed by atoms with Gasteiger partial charge < -0.3 is 10.6 Å². The van der Waals surface area contributed by atoms with Crippen LogP contribution in [0, 0.1) is 5.92 Å². The highest BCUT2D eigenvalue weighted by Crippen LogP contribution is 2.25. The zero-order chi connectivity index (χ0) is 20.9. The Balaban J connectivity index is 1.54. The van der Waals surface area contributed by atoms with Crippen molar-refractivity contribution < 1.29 is 9.59 Å². The summed E-state index contributed by atoms with van der Waals surface area (Å²) in [7, 11) is 0. The van der Waals surface area contributed by atoms with Crippen LogP contribution >= 0.6 is 11.6 Å². The van der Waals surface area contributed by atoms with E-state index in [0.29, 0.717) is 45.2 Å². The molecule has 30 heavy (non-hydrogen) atoms. The molecule has 0 spiro atoms. The Kier molecular flexibility index (Phi) is 6.23. The molecule has 2 aromatic carbocycles. The molecule has 1 saturated carbocycles. The number of halogens is 1. The molecule has 0 radical (unpaired) electrons. The molecule has 0 atom stereocenters. The molecule has 2 amide bonds. The van der Waals surface area contributed by atoms with Crippen molar-refractivity contribution >= 4 is 40.0 Å². The van der Waals surface area contributed by atoms with Gasteiger partial charge in [0.05, 0.1) is 28.5 Å². The lowest BCUT2D eigenvalue weighted by atomic mass is 9.89. The highest BCUT2D eigenvalue weighted by molar-refractivity contribution is 6.31. The number of nitrogens with zero attached hydrogens (tertiary/aromatic N) is 2. The molecular formula is C23H23ClN4O2. The van der Waals surface area contributed by atoms with E-state index in [4.69, 9.17) is 11.6 Å². The minimum atomic E-state index is -0.357. The Morgan fingerprint density at radius 3 is 2.63 bits per heavy atom. The molecule has 1 fully saturated rings. The van der Waals surface area contributed by atoms with E-state index in [1.807, 2.05) is 18.2 Å². The van der Waals surface area contributed by atoms with Crippen molar-refractivity contribution in [3.8, 4) is 0 Å². The number of hydrogen-bond acceptors (Lipinski definition) is 4. The monoisotopic (exact) mass is 422 g/mol. The molecule has 4 rings (SSSR count). The summed E-state index contributed by atoms with van der Waals surface area (Å²) in [6, 6.07) is 12.2. The summed E-state index contributed by atoms with van der Waals surface area (Å²) in [6.07, 6.45) is 7.41. The lowest BCUT2D eigenvalue weighted by Gasteiger charge is -2.22. The Labute approximate surface area is 180 Å². The number of carbonyl (C=O) groups is 2. The van der Waals surface area contributed by atoms with E-state index >= 15 is 0 Å². The highest BCUT2D eigenvalue weighted by Gasteiger charge is 2.19. The Morgan fingerprint density at radius 1 is 1.00 bits per heavy atom. The molecule has 1 aliphatic carbocycles. The van der Waals surface area contributed by atoms with Gasteiger partial charge in [-0.25, -0.2) is 0 Å². The first-order chi connectivity index (χ1) is 14.6. The largest absolute Gasteiger partial charge is 0.352 e. The van der Waals surface area contributed by atoms with E-state index < -0.39 is 0 Å². The van der Waals surface area contributed by atoms with Crippen LogP contribution in [0.1, 0.15) is 52.8 Å². The predicted molar refractivity (Wildman–Crippen MR) is 118 cm³/mol. The van der Waals surface area contributed by atoms with Crippen LogP contribution in [0.25, 0.3) is 10.9 Å². The molecular weight excluding hydrogens is 400 g/mol. The molecule has 1 aliphatic rings. The van der Waals surface area contributed by atoms with Crippen LogP contribution in [0.4, 0.5) is 5.69 Å². The molecule has 2 N–H and O–H groups in total. The highest BCUT2D eigenvalue weighted by atomic mass is 35.5. The third-order valence-corrected chi connectivity index (χ3v) is 5.78. The molecule has 0 bridgehead atoms. The molecule has 6 nitrogen and oxygen atoms in total. The third kappa shape index (κ3) is 4.60. The van der Waals surface area contributed by atoms with Gasteiger partial charge in [0.1, 0.15) is 0 Å². The SMILES string of the molecule is O=C(NCC1CCCCC1)c1cc(Cl)ccc1NC(=O)c1cnnc2ccccc12. The van der Waals surface area contributed by atoms with Crippen molar-refractivity contribution in [2.24, 2.45) is 5.92 Å². The Bertz CT molecular complexity index is 1070. The number of rotatable bonds is 5. The lowest BCUT2D eigenvalue weighted by molar-refractivity contribution is 0.0944. The molecule has 0 saturated heterocycles. The summed E-state index contributed by atoms with van der Waals surface area (Å²) in [5.41, 5.74) is 1.78. The van der Waals surface area contributed by atoms with Crippen molar-refractivity contribution in [2.45, 2.75) is 32.1 Å². The summed E-state index contributed by atoms with van der Waals surface area (Å²) in [4.78, 5) is 25.8. The predicted octanol–water partition coefficient (Wildman–Crippen LogP) is 4.85. The fourth-order valence-electron chi connectivity index (χ4n) is 3.91. The number of fused-ring (bicyclic) bond motifs is 1. The van der Waals surface area contributed by atoms with Crippen LogP contribution in [0.15, 0.2) is 48.7 Å². The van der Waals surface area contributed by atoms with E-state index in [-0.39, 0.29) is 11.8 Å². The van der Waals surface area contributed by atoms with Gasteiger partial charge in [-0.05, 0) is 43.0 Å². The minimum Gasteiger partial charge on any atom is -0.352 e. The van der Waals surface area contributed by atoms with Crippen molar-refractivity contribution in [2.75, 3.05) is 11.9 Å². The van der Waals surface area contributed by atoms with Gasteiger partial charge in [0.15, 0.2) is 0 Å². The van der Waals surface area contributed by atoms with Gasteiger partial charge in [0, 0.05) is 17.0 Å². The van der Waals surface area contributed by atoms with Crippen LogP contribution in [-0.2, 0) is 0 Å². The normalized spacial score (nSPS) is 14.4. The number of aromatic nitrogens is 2. The molecule has 0 aliphatic heterocycles. The summed E-state index contributed by atoms with van der Waals surface area (Å²) < 4.78 is 0. The van der Waals surface area contributed by atoms with Crippen LogP contribution in [0.3, 0.4) is 0 Å². The standard InChI is InChI=1S/C23H23ClN4O2/c24-16-10-11-20(18(12-16)22(29)25-13-15-6-2-1-3-7-15)27-23(30)19-14-26-28-21-9-5-4-8-17(19)21/h4-5,8-12,14-15H,1-3,6-7,13H2,(H,25,29)(H,27,30). The van der Waals surface area contributed by atoms with Crippen LogP contribution < -0.4 is 10.6 Å². The average Bonchev–Trinajstić information content (AvgIpc) is 2.79. The number of nitrogens with one attached hydrogen (secondary N) is 2. The van der Waals surface area contributed by atoms with Crippen LogP contribution in [-0.4, -0.2) is 28.6 Å². The minimum absolute atomic E-state index is 0.240. The first-order valence-electron chi connectivity index (χ1n) is 10.2. The van der Waals surface area contributed by atoms with E-state index in [1.165, 1.54) is 25.5 Å². The van der Waals surface area contributed by atoms with E-state index in [2.05, 4.69) is 20.8 Å².